The molecule has 1 amide bonds. The molecule has 0 radical (unpaired) electrons. The molecule has 0 spiro atoms. The van der Waals surface area contributed by atoms with Crippen molar-refractivity contribution < 1.29 is 13.9 Å². The largest absolute Gasteiger partial charge is 0.444 e. The van der Waals surface area contributed by atoms with Gasteiger partial charge >= 0.3 is 6.09 Å². The number of nitrogens with one attached hydrogen (secondary N) is 1. The zero-order valence-corrected chi connectivity index (χ0v) is 12.0. The number of hydrogen-bond donors (Lipinski definition) is 1. The number of ether oxygens (including phenoxy) is 1. The minimum Gasteiger partial charge on any atom is -0.444 e. The highest BCUT2D eigenvalue weighted by Crippen LogP contribution is 2.21. The van der Waals surface area contributed by atoms with Crippen LogP contribution in [0.4, 0.5) is 14.9 Å². The lowest BCUT2D eigenvalue weighted by atomic mass is 10.2. The predicted molar refractivity (Wildman–Crippen MR) is 74.5 cm³/mol. The van der Waals surface area contributed by atoms with E-state index in [0.717, 1.165) is 5.69 Å². The molecular weight excluding hydrogens is 261 g/mol. The van der Waals surface area contributed by atoms with Crippen LogP contribution < -0.4 is 10.2 Å². The number of alkyl halides is 1. The van der Waals surface area contributed by atoms with Crippen molar-refractivity contribution in [1.29, 1.82) is 0 Å². The fourth-order valence-corrected chi connectivity index (χ4v) is 2.11. The topological polar surface area (TPSA) is 54.5 Å². The SMILES string of the molecule is CC(C)(C)OC(=O)N[C@H]1CN(c2cccnc2)C[C@H]1F. The normalized spacial score (nSPS) is 22.7. The third-order valence-electron chi connectivity index (χ3n) is 2.96. The van der Waals surface area contributed by atoms with Crippen molar-refractivity contribution >= 4 is 11.8 Å². The molecule has 2 atom stereocenters. The van der Waals surface area contributed by atoms with E-state index in [1.165, 1.54) is 0 Å². The Bertz CT molecular complexity index is 461. The Hall–Kier alpha value is -1.85. The Labute approximate surface area is 118 Å². The van der Waals surface area contributed by atoms with Gasteiger partial charge in [-0.15, -0.1) is 0 Å². The van der Waals surface area contributed by atoms with Gasteiger partial charge in [-0.1, -0.05) is 0 Å². The Morgan fingerprint density at radius 2 is 2.25 bits per heavy atom. The molecular formula is C14H20FN3O2. The van der Waals surface area contributed by atoms with Crippen molar-refractivity contribution in [1.82, 2.24) is 10.3 Å². The second-order valence-corrected chi connectivity index (χ2v) is 5.88. The lowest BCUT2D eigenvalue weighted by Crippen LogP contribution is -2.44. The van der Waals surface area contributed by atoms with E-state index < -0.39 is 23.9 Å². The van der Waals surface area contributed by atoms with Gasteiger partial charge in [-0.3, -0.25) is 4.98 Å². The molecule has 5 nitrogen and oxygen atoms in total. The van der Waals surface area contributed by atoms with Crippen molar-refractivity contribution in [3.8, 4) is 0 Å². The summed E-state index contributed by atoms with van der Waals surface area (Å²) in [5.74, 6) is 0. The Morgan fingerprint density at radius 1 is 1.50 bits per heavy atom. The van der Waals surface area contributed by atoms with E-state index in [1.54, 1.807) is 39.2 Å². The number of hydrogen-bond acceptors (Lipinski definition) is 4. The average molecular weight is 281 g/mol. The van der Waals surface area contributed by atoms with Gasteiger partial charge < -0.3 is 15.0 Å². The van der Waals surface area contributed by atoms with Crippen molar-refractivity contribution in [2.75, 3.05) is 18.0 Å². The summed E-state index contributed by atoms with van der Waals surface area (Å²) in [6.45, 7) is 5.97. The molecule has 0 unspecified atom stereocenters. The zero-order valence-electron chi connectivity index (χ0n) is 12.0. The van der Waals surface area contributed by atoms with Crippen molar-refractivity contribution in [3.63, 3.8) is 0 Å². The monoisotopic (exact) mass is 281 g/mol. The third kappa shape index (κ3) is 3.82. The van der Waals surface area contributed by atoms with Crippen LogP contribution in [-0.2, 0) is 4.74 Å². The van der Waals surface area contributed by atoms with Crippen LogP contribution in [-0.4, -0.2) is 42.0 Å². The van der Waals surface area contributed by atoms with Gasteiger partial charge in [0.25, 0.3) is 0 Å². The number of pyridine rings is 1. The van der Waals surface area contributed by atoms with Crippen LogP contribution in [0.5, 0.6) is 0 Å². The van der Waals surface area contributed by atoms with E-state index in [2.05, 4.69) is 10.3 Å². The van der Waals surface area contributed by atoms with Gasteiger partial charge in [0.05, 0.1) is 24.5 Å². The highest BCUT2D eigenvalue weighted by Gasteiger charge is 2.35. The zero-order chi connectivity index (χ0) is 14.8. The van der Waals surface area contributed by atoms with Crippen molar-refractivity contribution in [3.05, 3.63) is 24.5 Å². The summed E-state index contributed by atoms with van der Waals surface area (Å²) in [6.07, 6.45) is 1.65. The molecule has 1 fully saturated rings. The number of amides is 1. The first kappa shape index (κ1) is 14.6. The van der Waals surface area contributed by atoms with E-state index >= 15 is 0 Å². The second-order valence-electron chi connectivity index (χ2n) is 5.88. The standard InChI is InChI=1S/C14H20FN3O2/c1-14(2,3)20-13(19)17-12-9-18(8-11(12)15)10-5-4-6-16-7-10/h4-7,11-12H,8-9H2,1-3H3,(H,17,19)/t11-,12+/m1/s1. The molecule has 1 aliphatic heterocycles. The molecule has 0 saturated carbocycles. The van der Waals surface area contributed by atoms with Crippen LogP contribution in [0.1, 0.15) is 20.8 Å². The van der Waals surface area contributed by atoms with Gasteiger partial charge in [-0.05, 0) is 32.9 Å². The molecule has 1 aliphatic rings. The molecule has 20 heavy (non-hydrogen) atoms. The number of halogens is 1. The number of carbonyl (C=O) groups excluding carboxylic acids is 1. The second kappa shape index (κ2) is 5.64. The number of nitrogens with zero attached hydrogens (tertiary/aromatic N) is 2. The number of rotatable bonds is 2. The number of carbonyl (C=O) groups is 1. The van der Waals surface area contributed by atoms with Crippen LogP contribution in [0.3, 0.4) is 0 Å². The number of aromatic nitrogens is 1. The molecule has 1 N–H and O–H groups in total. The maximum Gasteiger partial charge on any atom is 0.408 e. The summed E-state index contributed by atoms with van der Waals surface area (Å²) in [5, 5.41) is 2.59. The molecule has 6 heteroatoms. The van der Waals surface area contributed by atoms with Crippen molar-refractivity contribution in [2.24, 2.45) is 0 Å². The van der Waals surface area contributed by atoms with Crippen molar-refractivity contribution in [2.45, 2.75) is 38.6 Å². The van der Waals surface area contributed by atoms with Gasteiger partial charge in [-0.25, -0.2) is 9.18 Å². The summed E-state index contributed by atoms with van der Waals surface area (Å²) in [7, 11) is 0. The summed E-state index contributed by atoms with van der Waals surface area (Å²) < 4.78 is 19.1. The Kier molecular flexibility index (Phi) is 4.11. The average Bonchev–Trinajstić information content (AvgIpc) is 2.70. The highest BCUT2D eigenvalue weighted by molar-refractivity contribution is 5.68. The maximum absolute atomic E-state index is 14.0. The molecule has 0 aliphatic carbocycles. The third-order valence-corrected chi connectivity index (χ3v) is 2.96. The summed E-state index contributed by atoms with van der Waals surface area (Å²) in [5.41, 5.74) is 0.265. The molecule has 2 rings (SSSR count). The molecule has 110 valence electrons. The lowest BCUT2D eigenvalue weighted by molar-refractivity contribution is 0.0490. The Morgan fingerprint density at radius 3 is 2.85 bits per heavy atom. The van der Waals surface area contributed by atoms with Gasteiger partial charge in [0.2, 0.25) is 0 Å². The first-order chi connectivity index (χ1) is 9.35. The van der Waals surface area contributed by atoms with Gasteiger partial charge in [0, 0.05) is 12.7 Å². The first-order valence-corrected chi connectivity index (χ1v) is 6.64. The van der Waals surface area contributed by atoms with E-state index in [-0.39, 0.29) is 6.54 Å². The minimum absolute atomic E-state index is 0.242. The van der Waals surface area contributed by atoms with Crippen LogP contribution in [0, 0.1) is 0 Å². The van der Waals surface area contributed by atoms with Gasteiger partial charge in [-0.2, -0.15) is 0 Å². The fourth-order valence-electron chi connectivity index (χ4n) is 2.11. The summed E-state index contributed by atoms with van der Waals surface area (Å²) >= 11 is 0. The molecule has 1 aromatic rings. The predicted octanol–water partition coefficient (Wildman–Crippen LogP) is 2.13. The van der Waals surface area contributed by atoms with Crippen LogP contribution in [0.25, 0.3) is 0 Å². The minimum atomic E-state index is -1.12. The lowest BCUT2D eigenvalue weighted by Gasteiger charge is -2.22. The summed E-state index contributed by atoms with van der Waals surface area (Å²) in [6, 6.07) is 3.11. The van der Waals surface area contributed by atoms with E-state index in [0.29, 0.717) is 6.54 Å². The number of anilines is 1. The Balaban J connectivity index is 1.93. The fraction of sp³-hybridized carbons (Fsp3) is 0.571. The van der Waals surface area contributed by atoms with Crippen LogP contribution in [0.15, 0.2) is 24.5 Å². The van der Waals surface area contributed by atoms with E-state index in [4.69, 9.17) is 4.74 Å². The quantitative estimate of drug-likeness (QED) is 0.902. The maximum atomic E-state index is 14.0. The number of alkyl carbamates (subject to hydrolysis) is 1. The highest BCUT2D eigenvalue weighted by atomic mass is 19.1. The van der Waals surface area contributed by atoms with Crippen LogP contribution in [0.2, 0.25) is 0 Å². The van der Waals surface area contributed by atoms with Crippen LogP contribution >= 0.6 is 0 Å². The molecule has 1 aromatic heterocycles. The van der Waals surface area contributed by atoms with Gasteiger partial charge in [0.15, 0.2) is 0 Å². The van der Waals surface area contributed by atoms with Gasteiger partial charge in [0.1, 0.15) is 11.8 Å². The summed E-state index contributed by atoms with van der Waals surface area (Å²) in [4.78, 5) is 17.5. The molecule has 0 aromatic carbocycles. The molecule has 1 saturated heterocycles. The van der Waals surface area contributed by atoms with E-state index in [9.17, 15) is 9.18 Å². The molecule has 0 bridgehead atoms. The van der Waals surface area contributed by atoms with E-state index in [1.807, 2.05) is 11.0 Å². The first-order valence-electron chi connectivity index (χ1n) is 6.64. The smallest absolute Gasteiger partial charge is 0.408 e. The molecule has 2 heterocycles.